The monoisotopic (exact) mass is 310 g/mol. The van der Waals surface area contributed by atoms with E-state index in [4.69, 9.17) is 4.74 Å². The van der Waals surface area contributed by atoms with Crippen molar-refractivity contribution in [2.45, 2.75) is 13.0 Å². The van der Waals surface area contributed by atoms with Crippen LogP contribution in [-0.4, -0.2) is 22.6 Å². The van der Waals surface area contributed by atoms with Crippen molar-refractivity contribution in [3.63, 3.8) is 0 Å². The Bertz CT molecular complexity index is 706. The number of fused-ring (bicyclic) bond motifs is 1. The second-order valence-corrected chi connectivity index (χ2v) is 5.87. The van der Waals surface area contributed by atoms with Gasteiger partial charge in [0.2, 0.25) is 6.35 Å². The molecular weight excluding hydrogens is 292 g/mol. The Morgan fingerprint density at radius 1 is 1.23 bits per heavy atom. The van der Waals surface area contributed by atoms with Gasteiger partial charge in [0.25, 0.3) is 0 Å². The molecule has 2 aromatic carbocycles. The smallest absolute Gasteiger partial charge is 0.237 e. The predicted molar refractivity (Wildman–Crippen MR) is 94.7 cm³/mol. The van der Waals surface area contributed by atoms with Crippen LogP contribution in [0.25, 0.3) is 10.8 Å². The lowest BCUT2D eigenvalue weighted by atomic mass is 10.1. The number of benzene rings is 2. The lowest BCUT2D eigenvalue weighted by Gasteiger charge is -2.27. The quantitative estimate of drug-likeness (QED) is 0.585. The first kappa shape index (κ1) is 14.9. The number of aliphatic imine (C=N–C) groups is 1. The third-order valence-electron chi connectivity index (χ3n) is 3.36. The van der Waals surface area contributed by atoms with Gasteiger partial charge in [0.1, 0.15) is 0 Å². The van der Waals surface area contributed by atoms with E-state index >= 15 is 0 Å². The van der Waals surface area contributed by atoms with Crippen LogP contribution in [-0.2, 0) is 11.3 Å². The molecule has 1 unspecified atom stereocenters. The maximum Gasteiger partial charge on any atom is 0.237 e. The highest BCUT2D eigenvalue weighted by atomic mass is 32.2. The topological polar surface area (TPSA) is 24.8 Å². The number of nitrogens with zero attached hydrogens (tertiary/aromatic N) is 2. The largest absolute Gasteiger partial charge is 0.334 e. The van der Waals surface area contributed by atoms with E-state index in [0.29, 0.717) is 6.61 Å². The molecule has 0 saturated carbocycles. The van der Waals surface area contributed by atoms with Gasteiger partial charge in [0, 0.05) is 18.2 Å². The van der Waals surface area contributed by atoms with Gasteiger partial charge >= 0.3 is 0 Å². The second kappa shape index (κ2) is 7.29. The van der Waals surface area contributed by atoms with Gasteiger partial charge in [-0.2, -0.15) is 0 Å². The van der Waals surface area contributed by atoms with Crippen molar-refractivity contribution in [2.75, 3.05) is 5.75 Å². The van der Waals surface area contributed by atoms with E-state index in [1.807, 2.05) is 22.7 Å². The zero-order valence-electron chi connectivity index (χ0n) is 12.3. The summed E-state index contributed by atoms with van der Waals surface area (Å²) in [4.78, 5) is 4.40. The molecule has 3 rings (SSSR count). The molecular formula is C18H18N2OS. The highest BCUT2D eigenvalue weighted by Gasteiger charge is 2.17. The highest BCUT2D eigenvalue weighted by molar-refractivity contribution is 7.97. The van der Waals surface area contributed by atoms with Crippen molar-refractivity contribution in [2.24, 2.45) is 4.99 Å². The maximum atomic E-state index is 6.01. The summed E-state index contributed by atoms with van der Waals surface area (Å²) in [5.74, 6) is 0.827. The Labute approximate surface area is 135 Å². The molecule has 0 bridgehead atoms. The summed E-state index contributed by atoms with van der Waals surface area (Å²) in [6.07, 6.45) is 7.24. The van der Waals surface area contributed by atoms with Crippen LogP contribution in [0.2, 0.25) is 0 Å². The highest BCUT2D eigenvalue weighted by Crippen LogP contribution is 2.23. The Morgan fingerprint density at radius 2 is 2.09 bits per heavy atom. The minimum Gasteiger partial charge on any atom is -0.334 e. The van der Waals surface area contributed by atoms with Crippen LogP contribution in [0, 0.1) is 0 Å². The normalized spacial score (nSPS) is 17.1. The van der Waals surface area contributed by atoms with Crippen LogP contribution < -0.4 is 0 Å². The molecule has 112 valence electrons. The molecule has 0 aromatic heterocycles. The van der Waals surface area contributed by atoms with Crippen LogP contribution in [0.1, 0.15) is 5.56 Å². The van der Waals surface area contributed by atoms with Crippen LogP contribution in [0.15, 0.2) is 72.4 Å². The van der Waals surface area contributed by atoms with E-state index < -0.39 is 0 Å². The van der Waals surface area contributed by atoms with Gasteiger partial charge in [-0.3, -0.25) is 4.31 Å². The fraction of sp³-hybridized carbons (Fsp3) is 0.167. The Kier molecular flexibility index (Phi) is 4.93. The number of ether oxygens (including phenoxy) is 1. The van der Waals surface area contributed by atoms with E-state index in [1.54, 1.807) is 18.2 Å². The summed E-state index contributed by atoms with van der Waals surface area (Å²) in [6.45, 7) is 4.28. The third-order valence-corrected chi connectivity index (χ3v) is 4.34. The SMILES string of the molecule is C=CCSN1C=CC=NC1OCc1cccc2ccccc12. The van der Waals surface area contributed by atoms with Crippen molar-refractivity contribution in [3.05, 3.63) is 73.0 Å². The van der Waals surface area contributed by atoms with E-state index in [9.17, 15) is 0 Å². The summed E-state index contributed by atoms with van der Waals surface area (Å²) >= 11 is 1.63. The first-order valence-electron chi connectivity index (χ1n) is 7.19. The van der Waals surface area contributed by atoms with Crippen LogP contribution in [0.5, 0.6) is 0 Å². The Morgan fingerprint density at radius 3 is 3.00 bits per heavy atom. The van der Waals surface area contributed by atoms with Gasteiger partial charge in [-0.15, -0.1) is 6.58 Å². The summed E-state index contributed by atoms with van der Waals surface area (Å²) in [7, 11) is 0. The van der Waals surface area contributed by atoms with Gasteiger partial charge < -0.3 is 4.74 Å². The second-order valence-electron chi connectivity index (χ2n) is 4.86. The summed E-state index contributed by atoms with van der Waals surface area (Å²) in [6, 6.07) is 14.6. The van der Waals surface area contributed by atoms with Gasteiger partial charge in [-0.1, -0.05) is 48.5 Å². The molecule has 1 aliphatic heterocycles. The zero-order chi connectivity index (χ0) is 15.2. The molecule has 4 heteroatoms. The molecule has 1 atom stereocenters. The number of hydrogen-bond donors (Lipinski definition) is 0. The molecule has 0 fully saturated rings. The molecule has 2 aromatic rings. The van der Waals surface area contributed by atoms with Gasteiger partial charge in [0.15, 0.2) is 0 Å². The van der Waals surface area contributed by atoms with Crippen molar-refractivity contribution in [3.8, 4) is 0 Å². The van der Waals surface area contributed by atoms with Gasteiger partial charge in [-0.25, -0.2) is 4.99 Å². The lowest BCUT2D eigenvalue weighted by Crippen LogP contribution is -2.28. The minimum absolute atomic E-state index is 0.297. The number of allylic oxidation sites excluding steroid dienone is 1. The molecule has 1 heterocycles. The predicted octanol–water partition coefficient (Wildman–Crippen LogP) is 4.37. The van der Waals surface area contributed by atoms with Gasteiger partial charge in [0.05, 0.1) is 6.61 Å². The van der Waals surface area contributed by atoms with E-state index in [1.165, 1.54) is 16.3 Å². The summed E-state index contributed by atoms with van der Waals surface area (Å²) in [5.41, 5.74) is 1.18. The fourth-order valence-electron chi connectivity index (χ4n) is 2.33. The minimum atomic E-state index is -0.297. The summed E-state index contributed by atoms with van der Waals surface area (Å²) in [5, 5.41) is 2.46. The van der Waals surface area contributed by atoms with Crippen LogP contribution in [0.3, 0.4) is 0 Å². The fourth-order valence-corrected chi connectivity index (χ4v) is 3.01. The van der Waals surface area contributed by atoms with Crippen molar-refractivity contribution in [1.82, 2.24) is 4.31 Å². The molecule has 0 spiro atoms. The Balaban J connectivity index is 1.71. The standard InChI is InChI=1S/C18H18N2OS/c1-2-13-22-20-12-6-11-19-18(20)21-14-16-9-5-8-15-7-3-4-10-17(15)16/h2-12,18H,1,13-14H2. The number of rotatable bonds is 6. The first-order chi connectivity index (χ1) is 10.9. The zero-order valence-corrected chi connectivity index (χ0v) is 13.1. The van der Waals surface area contributed by atoms with E-state index in [2.05, 4.69) is 54.0 Å². The molecule has 22 heavy (non-hydrogen) atoms. The van der Waals surface area contributed by atoms with Crippen LogP contribution >= 0.6 is 11.9 Å². The molecule has 0 amide bonds. The molecule has 0 aliphatic carbocycles. The first-order valence-corrected chi connectivity index (χ1v) is 8.13. The molecule has 3 nitrogen and oxygen atoms in total. The third kappa shape index (κ3) is 3.40. The van der Waals surface area contributed by atoms with Crippen LogP contribution in [0.4, 0.5) is 0 Å². The molecule has 0 saturated heterocycles. The molecule has 1 aliphatic rings. The number of hydrogen-bond acceptors (Lipinski definition) is 4. The Hall–Kier alpha value is -2.04. The van der Waals surface area contributed by atoms with E-state index in [0.717, 1.165) is 5.75 Å². The van der Waals surface area contributed by atoms with Crippen molar-refractivity contribution >= 4 is 28.9 Å². The summed E-state index contributed by atoms with van der Waals surface area (Å²) < 4.78 is 8.02. The maximum absolute atomic E-state index is 6.01. The van der Waals surface area contributed by atoms with E-state index in [-0.39, 0.29) is 6.35 Å². The molecule has 0 N–H and O–H groups in total. The average molecular weight is 310 g/mol. The molecule has 0 radical (unpaired) electrons. The van der Waals surface area contributed by atoms with Crippen molar-refractivity contribution in [1.29, 1.82) is 0 Å². The average Bonchev–Trinajstić information content (AvgIpc) is 2.59. The van der Waals surface area contributed by atoms with Gasteiger partial charge in [-0.05, 0) is 34.4 Å². The lowest BCUT2D eigenvalue weighted by molar-refractivity contribution is -0.00341. The van der Waals surface area contributed by atoms with Crippen molar-refractivity contribution < 1.29 is 4.74 Å².